The number of rotatable bonds is 5. The molecule has 112 valence electrons. The molecular weight excluding hydrogens is 260 g/mol. The van der Waals surface area contributed by atoms with E-state index in [0.29, 0.717) is 6.61 Å². The Morgan fingerprint density at radius 2 is 1.76 bits per heavy atom. The fourth-order valence-corrected chi connectivity index (χ4v) is 3.04. The van der Waals surface area contributed by atoms with E-state index in [1.807, 2.05) is 12.1 Å². The van der Waals surface area contributed by atoms with Crippen molar-refractivity contribution in [1.29, 1.82) is 0 Å². The topological polar surface area (TPSA) is 38.5 Å². The first kappa shape index (κ1) is 14.4. The highest BCUT2D eigenvalue weighted by atomic mass is 16.5. The Balaban J connectivity index is 1.56. The van der Waals surface area contributed by atoms with Crippen molar-refractivity contribution in [3.63, 3.8) is 0 Å². The quantitative estimate of drug-likeness (QED) is 0.914. The molecule has 0 spiro atoms. The number of hydrogen-bond acceptors (Lipinski definition) is 3. The molecule has 0 aliphatic carbocycles. The van der Waals surface area contributed by atoms with Crippen LogP contribution in [0.2, 0.25) is 0 Å². The summed E-state index contributed by atoms with van der Waals surface area (Å²) in [6.07, 6.45) is 4.90. The predicted octanol–water partition coefficient (Wildman–Crippen LogP) is 3.38. The van der Waals surface area contributed by atoms with Crippen LogP contribution in [-0.2, 0) is 0 Å². The molecule has 3 heteroatoms. The summed E-state index contributed by atoms with van der Waals surface area (Å²) in [4.78, 5) is 2.38. The smallest absolute Gasteiger partial charge is 0.127 e. The maximum atomic E-state index is 6.27. The highest BCUT2D eigenvalue weighted by Gasteiger charge is 2.16. The summed E-state index contributed by atoms with van der Waals surface area (Å²) in [5, 5.41) is 2.39. The Morgan fingerprint density at radius 3 is 2.62 bits per heavy atom. The molecule has 3 nitrogen and oxygen atoms in total. The molecule has 1 unspecified atom stereocenters. The van der Waals surface area contributed by atoms with Gasteiger partial charge in [-0.15, -0.1) is 0 Å². The molecule has 1 fully saturated rings. The minimum atomic E-state index is 0.125. The van der Waals surface area contributed by atoms with E-state index in [-0.39, 0.29) is 6.17 Å². The first-order valence-corrected chi connectivity index (χ1v) is 7.95. The molecular formula is C18H24N2O. The molecule has 0 aromatic heterocycles. The Labute approximate surface area is 126 Å². The number of hydrogen-bond donors (Lipinski definition) is 1. The van der Waals surface area contributed by atoms with E-state index in [4.69, 9.17) is 10.5 Å². The van der Waals surface area contributed by atoms with Gasteiger partial charge in [0.2, 0.25) is 0 Å². The third-order valence-electron chi connectivity index (χ3n) is 4.28. The minimum Gasteiger partial charge on any atom is -0.493 e. The Morgan fingerprint density at radius 1 is 1.00 bits per heavy atom. The minimum absolute atomic E-state index is 0.125. The molecule has 0 bridgehead atoms. The van der Waals surface area contributed by atoms with Gasteiger partial charge in [0.05, 0.1) is 12.8 Å². The van der Waals surface area contributed by atoms with Crippen LogP contribution >= 0.6 is 0 Å². The SMILES string of the molecule is NC(CCOc1cccc2ccccc12)N1CCCCC1. The first-order valence-electron chi connectivity index (χ1n) is 7.95. The van der Waals surface area contributed by atoms with Gasteiger partial charge < -0.3 is 10.5 Å². The van der Waals surface area contributed by atoms with Gasteiger partial charge in [-0.1, -0.05) is 42.8 Å². The maximum Gasteiger partial charge on any atom is 0.127 e. The average molecular weight is 284 g/mol. The molecule has 1 heterocycles. The molecule has 0 amide bonds. The van der Waals surface area contributed by atoms with E-state index >= 15 is 0 Å². The molecule has 1 saturated heterocycles. The van der Waals surface area contributed by atoms with E-state index in [9.17, 15) is 0 Å². The largest absolute Gasteiger partial charge is 0.493 e. The first-order chi connectivity index (χ1) is 10.3. The molecule has 0 saturated carbocycles. The van der Waals surface area contributed by atoms with Crippen molar-refractivity contribution < 1.29 is 4.74 Å². The normalized spacial score (nSPS) is 17.8. The number of piperidine rings is 1. The van der Waals surface area contributed by atoms with Crippen LogP contribution < -0.4 is 10.5 Å². The fraction of sp³-hybridized carbons (Fsp3) is 0.444. The lowest BCUT2D eigenvalue weighted by molar-refractivity contribution is 0.142. The second-order valence-electron chi connectivity index (χ2n) is 5.78. The number of fused-ring (bicyclic) bond motifs is 1. The van der Waals surface area contributed by atoms with Gasteiger partial charge in [0.25, 0.3) is 0 Å². The zero-order valence-electron chi connectivity index (χ0n) is 12.5. The van der Waals surface area contributed by atoms with Crippen LogP contribution in [0, 0.1) is 0 Å². The van der Waals surface area contributed by atoms with E-state index in [2.05, 4.69) is 35.2 Å². The summed E-state index contributed by atoms with van der Waals surface area (Å²) < 4.78 is 5.97. The second kappa shape index (κ2) is 6.92. The number of benzene rings is 2. The second-order valence-corrected chi connectivity index (χ2v) is 5.78. The molecule has 2 aromatic rings. The van der Waals surface area contributed by atoms with Crippen LogP contribution in [0.1, 0.15) is 25.7 Å². The number of nitrogens with zero attached hydrogens (tertiary/aromatic N) is 1. The summed E-state index contributed by atoms with van der Waals surface area (Å²) in [7, 11) is 0. The monoisotopic (exact) mass is 284 g/mol. The lowest BCUT2D eigenvalue weighted by Gasteiger charge is -2.32. The molecule has 2 aromatic carbocycles. The predicted molar refractivity (Wildman–Crippen MR) is 87.5 cm³/mol. The van der Waals surface area contributed by atoms with Crippen molar-refractivity contribution in [2.45, 2.75) is 31.8 Å². The average Bonchev–Trinajstić information content (AvgIpc) is 2.56. The summed E-state index contributed by atoms with van der Waals surface area (Å²) in [6, 6.07) is 14.5. The fourth-order valence-electron chi connectivity index (χ4n) is 3.04. The van der Waals surface area contributed by atoms with Crippen molar-refractivity contribution in [2.75, 3.05) is 19.7 Å². The van der Waals surface area contributed by atoms with Gasteiger partial charge >= 0.3 is 0 Å². The van der Waals surface area contributed by atoms with Crippen LogP contribution in [0.15, 0.2) is 42.5 Å². The highest BCUT2D eigenvalue weighted by molar-refractivity contribution is 5.88. The molecule has 1 aliphatic rings. The third-order valence-corrected chi connectivity index (χ3v) is 4.28. The number of likely N-dealkylation sites (tertiary alicyclic amines) is 1. The van der Waals surface area contributed by atoms with Gasteiger partial charge in [0.15, 0.2) is 0 Å². The zero-order valence-corrected chi connectivity index (χ0v) is 12.5. The van der Waals surface area contributed by atoms with Crippen molar-refractivity contribution in [1.82, 2.24) is 4.90 Å². The van der Waals surface area contributed by atoms with Crippen molar-refractivity contribution in [2.24, 2.45) is 5.73 Å². The third kappa shape index (κ3) is 3.55. The Hall–Kier alpha value is -1.58. The van der Waals surface area contributed by atoms with Crippen molar-refractivity contribution >= 4 is 10.8 Å². The van der Waals surface area contributed by atoms with Crippen LogP contribution in [0.25, 0.3) is 10.8 Å². The molecule has 2 N–H and O–H groups in total. The highest BCUT2D eigenvalue weighted by Crippen LogP contribution is 2.25. The van der Waals surface area contributed by atoms with Gasteiger partial charge in [-0.2, -0.15) is 0 Å². The van der Waals surface area contributed by atoms with Gasteiger partial charge in [0.1, 0.15) is 5.75 Å². The lowest BCUT2D eigenvalue weighted by Crippen LogP contribution is -2.45. The van der Waals surface area contributed by atoms with Crippen molar-refractivity contribution in [3.05, 3.63) is 42.5 Å². The van der Waals surface area contributed by atoms with Crippen LogP contribution in [-0.4, -0.2) is 30.8 Å². The molecule has 21 heavy (non-hydrogen) atoms. The van der Waals surface area contributed by atoms with Gasteiger partial charge in [-0.3, -0.25) is 4.90 Å². The van der Waals surface area contributed by atoms with Crippen LogP contribution in [0.3, 0.4) is 0 Å². The van der Waals surface area contributed by atoms with E-state index in [0.717, 1.165) is 25.3 Å². The van der Waals surface area contributed by atoms with E-state index < -0.39 is 0 Å². The van der Waals surface area contributed by atoms with Gasteiger partial charge in [-0.25, -0.2) is 0 Å². The lowest BCUT2D eigenvalue weighted by atomic mass is 10.1. The Bertz CT molecular complexity index is 573. The van der Waals surface area contributed by atoms with Crippen molar-refractivity contribution in [3.8, 4) is 5.75 Å². The van der Waals surface area contributed by atoms with Crippen LogP contribution in [0.5, 0.6) is 5.75 Å². The zero-order chi connectivity index (χ0) is 14.5. The number of nitrogens with two attached hydrogens (primary N) is 1. The summed E-state index contributed by atoms with van der Waals surface area (Å²) in [5.41, 5.74) is 6.27. The van der Waals surface area contributed by atoms with Gasteiger partial charge in [-0.05, 0) is 37.4 Å². The summed E-state index contributed by atoms with van der Waals surface area (Å²) in [6.45, 7) is 2.94. The number of ether oxygens (including phenoxy) is 1. The van der Waals surface area contributed by atoms with E-state index in [1.165, 1.54) is 30.0 Å². The maximum absolute atomic E-state index is 6.27. The summed E-state index contributed by atoms with van der Waals surface area (Å²) >= 11 is 0. The van der Waals surface area contributed by atoms with E-state index in [1.54, 1.807) is 0 Å². The molecule has 0 radical (unpaired) electrons. The Kier molecular flexibility index (Phi) is 4.73. The molecule has 1 aliphatic heterocycles. The molecule has 1 atom stereocenters. The van der Waals surface area contributed by atoms with Gasteiger partial charge in [0, 0.05) is 11.8 Å². The standard InChI is InChI=1S/C18H24N2O/c19-18(20-12-4-1-5-13-20)11-14-21-17-10-6-8-15-7-2-3-9-16(15)17/h2-3,6-10,18H,1,4-5,11-14,19H2. The summed E-state index contributed by atoms with van der Waals surface area (Å²) in [5.74, 6) is 0.957. The molecule has 3 rings (SSSR count). The van der Waals surface area contributed by atoms with Crippen LogP contribution in [0.4, 0.5) is 0 Å².